The molecule has 5 aliphatic heterocycles. The van der Waals surface area contributed by atoms with E-state index in [1.165, 1.54) is 16.0 Å². The van der Waals surface area contributed by atoms with Crippen molar-refractivity contribution in [1.82, 2.24) is 44.9 Å². The van der Waals surface area contributed by atoms with Crippen molar-refractivity contribution >= 4 is 46.2 Å². The number of nitrogens with zero attached hydrogens (tertiary/aromatic N) is 7. The van der Waals surface area contributed by atoms with Crippen molar-refractivity contribution in [2.24, 2.45) is 11.3 Å². The number of nitrogens with one attached hydrogen (secondary N) is 2. The molecule has 1 unspecified atom stereocenters. The number of rotatable bonds is 11. The molecule has 1 spiro atoms. The molecule has 5 aliphatic rings. The van der Waals surface area contributed by atoms with E-state index in [1.54, 1.807) is 43.3 Å². The maximum atomic E-state index is 14.9. The Kier molecular flexibility index (Phi) is 16.8. The molecule has 2 aromatic heterocycles. The Bertz CT molecular complexity index is 2580. The quantitative estimate of drug-likeness (QED) is 0.181. The molecule has 396 valence electrons. The number of hydrazine groups is 1. The van der Waals surface area contributed by atoms with Gasteiger partial charge in [0, 0.05) is 101 Å². The summed E-state index contributed by atoms with van der Waals surface area (Å²) in [6, 6.07) is 7.75. The minimum Gasteiger partial charge on any atom is -0.464 e. The van der Waals surface area contributed by atoms with E-state index in [2.05, 4.69) is 71.3 Å². The molecule has 5 atom stereocenters. The fraction of sp³-hybridized carbons (Fsp3) is 0.600. The highest BCUT2D eigenvalue weighted by molar-refractivity contribution is 5.95. The van der Waals surface area contributed by atoms with Crippen molar-refractivity contribution in [3.05, 3.63) is 71.6 Å². The number of ether oxygens (including phenoxy) is 4. The van der Waals surface area contributed by atoms with Gasteiger partial charge in [0.15, 0.2) is 0 Å². The number of cyclic esters (lactones) is 1. The highest BCUT2D eigenvalue weighted by Gasteiger charge is 2.45. The van der Waals surface area contributed by atoms with E-state index in [-0.39, 0.29) is 49.7 Å². The Morgan fingerprint density at radius 3 is 2.56 bits per heavy atom. The molecule has 3 fully saturated rings. The number of amides is 5. The molecule has 2 N–H and O–H groups in total. The van der Waals surface area contributed by atoms with Crippen LogP contribution < -0.4 is 10.7 Å². The number of esters is 1. The summed E-state index contributed by atoms with van der Waals surface area (Å²) in [5.74, 6) is -1.70. The smallest absolute Gasteiger partial charge is 0.324 e. The average Bonchev–Trinajstić information content (AvgIpc) is 3.94. The minimum absolute atomic E-state index is 0.144. The van der Waals surface area contributed by atoms with Crippen molar-refractivity contribution in [2.75, 3.05) is 87.0 Å². The summed E-state index contributed by atoms with van der Waals surface area (Å²) in [4.78, 5) is 82.6. The van der Waals surface area contributed by atoms with Crippen LogP contribution in [0.25, 0.3) is 27.7 Å². The third-order valence-corrected chi connectivity index (χ3v) is 15.4. The van der Waals surface area contributed by atoms with Gasteiger partial charge in [-0.15, -0.1) is 0 Å². The van der Waals surface area contributed by atoms with Gasteiger partial charge in [0.2, 0.25) is 11.8 Å². The third-order valence-electron chi connectivity index (χ3n) is 15.4. The summed E-state index contributed by atoms with van der Waals surface area (Å²) in [6.45, 7) is 16.5. The van der Waals surface area contributed by atoms with Crippen molar-refractivity contribution in [2.45, 2.75) is 116 Å². The summed E-state index contributed by atoms with van der Waals surface area (Å²) >= 11 is 0. The van der Waals surface area contributed by atoms with Crippen molar-refractivity contribution in [1.29, 1.82) is 0 Å². The van der Waals surface area contributed by atoms with Crippen LogP contribution in [0.1, 0.15) is 96.6 Å². The molecule has 7 heterocycles. The molecule has 5 amide bonds. The topological polar surface area (TPSA) is 180 Å². The number of piperidine rings is 1. The van der Waals surface area contributed by atoms with Gasteiger partial charge in [0.25, 0.3) is 5.91 Å². The van der Waals surface area contributed by atoms with Gasteiger partial charge < -0.3 is 43.5 Å². The summed E-state index contributed by atoms with van der Waals surface area (Å²) in [5, 5.41) is 5.71. The van der Waals surface area contributed by atoms with E-state index in [4.69, 9.17) is 23.9 Å². The van der Waals surface area contributed by atoms with Crippen LogP contribution in [-0.4, -0.2) is 175 Å². The molecule has 6 bridgehead atoms. The normalized spacial score (nSPS) is 23.3. The van der Waals surface area contributed by atoms with E-state index in [1.807, 2.05) is 26.8 Å². The Balaban J connectivity index is 1.06. The van der Waals surface area contributed by atoms with Gasteiger partial charge in [-0.25, -0.2) is 10.2 Å². The van der Waals surface area contributed by atoms with Crippen LogP contribution in [0.5, 0.6) is 0 Å². The molecule has 18 heteroatoms. The summed E-state index contributed by atoms with van der Waals surface area (Å²) in [7, 11) is 4.91. The average molecular weight is 1010 g/mol. The van der Waals surface area contributed by atoms with Crippen LogP contribution in [-0.2, 0) is 51.1 Å². The standard InChI is InChI=1S/C55H77N9O9/c1-10-63-45-20-19-38-29-41(45)42(49(63)40-16-11-23-56-47(40)37(4)71-9)30-54(5,6)34-72-52(68)43-17-13-25-64(58-43)51(67)44(32-60-24-12-15-39(38)31-60)57-50(66)48(36(2)3)59(7)53(69)61-26-21-55(22-27-61)33-62(35-73-55)46(65)18-14-28-70-8/h11,14-16,18-20,23,29,36-37,43-44,48,58H,10,12-13,17,21-22,24-28,30-35H2,1-9H3,(H,57,66)/b18-14+/t37-,43-,44-,48-/m0/s1. The van der Waals surface area contributed by atoms with Crippen LogP contribution in [0.2, 0.25) is 0 Å². The predicted octanol–water partition coefficient (Wildman–Crippen LogP) is 5.56. The monoisotopic (exact) mass is 1010 g/mol. The number of pyridine rings is 1. The van der Waals surface area contributed by atoms with E-state index in [0.29, 0.717) is 84.5 Å². The van der Waals surface area contributed by atoms with Gasteiger partial charge in [-0.1, -0.05) is 45.9 Å². The molecule has 3 aromatic rings. The maximum Gasteiger partial charge on any atom is 0.324 e. The number of fused-ring (bicyclic) bond motifs is 6. The van der Waals surface area contributed by atoms with Crippen LogP contribution in [0.15, 0.2) is 54.8 Å². The second-order valence-corrected chi connectivity index (χ2v) is 21.6. The van der Waals surface area contributed by atoms with E-state index in [0.717, 1.165) is 51.0 Å². The predicted molar refractivity (Wildman–Crippen MR) is 278 cm³/mol. The zero-order valence-electron chi connectivity index (χ0n) is 44.4. The first-order chi connectivity index (χ1) is 35.0. The second-order valence-electron chi connectivity index (χ2n) is 21.6. The lowest BCUT2D eigenvalue weighted by Gasteiger charge is -2.41. The molecule has 1 aromatic carbocycles. The number of hydrogen-bond acceptors (Lipinski definition) is 12. The van der Waals surface area contributed by atoms with E-state index in [9.17, 15) is 24.0 Å². The summed E-state index contributed by atoms with van der Waals surface area (Å²) < 4.78 is 25.6. The number of hydrogen-bond donors (Lipinski definition) is 2. The lowest BCUT2D eigenvalue weighted by Crippen LogP contribution is -2.64. The Morgan fingerprint density at radius 2 is 1.84 bits per heavy atom. The molecule has 18 nitrogen and oxygen atoms in total. The van der Waals surface area contributed by atoms with E-state index < -0.39 is 41.0 Å². The van der Waals surface area contributed by atoms with Gasteiger partial charge >= 0.3 is 12.0 Å². The maximum absolute atomic E-state index is 14.9. The van der Waals surface area contributed by atoms with Gasteiger partial charge in [0.05, 0.1) is 42.9 Å². The molecular weight excluding hydrogens is 931 g/mol. The van der Waals surface area contributed by atoms with Gasteiger partial charge in [0.1, 0.15) is 24.9 Å². The number of likely N-dealkylation sites (N-methyl/N-ethyl adjacent to an activating group) is 1. The Labute approximate surface area is 430 Å². The Hall–Kier alpha value is -5.66. The number of urea groups is 1. The van der Waals surface area contributed by atoms with Gasteiger partial charge in [-0.05, 0) is 99.3 Å². The molecule has 0 aliphatic carbocycles. The zero-order chi connectivity index (χ0) is 52.2. The number of methoxy groups -OCH3 is 2. The van der Waals surface area contributed by atoms with Crippen molar-refractivity contribution < 1.29 is 42.9 Å². The molecule has 0 saturated carbocycles. The molecule has 8 rings (SSSR count). The SMILES string of the molecule is CCn1c(-c2cccnc2[C@H](C)OC)c2c3cc(ccc31)C1=CCCN(C1)C[C@H](NC(=O)[C@H](C(C)C)N(C)C(=O)N1CCC3(CC1)CN(C(=O)/C=C/COC)CO3)C(=O)N1CCC[C@H](N1)C(=O)OCC(C)(C)C2. The number of carbonyl (C=O) groups is 5. The largest absolute Gasteiger partial charge is 0.464 e. The van der Waals surface area contributed by atoms with E-state index >= 15 is 0 Å². The highest BCUT2D eigenvalue weighted by atomic mass is 16.5. The summed E-state index contributed by atoms with van der Waals surface area (Å²) in [5.41, 5.74) is 9.49. The van der Waals surface area contributed by atoms with Crippen molar-refractivity contribution in [3.8, 4) is 11.3 Å². The third kappa shape index (κ3) is 11.7. The van der Waals surface area contributed by atoms with Gasteiger partial charge in [-0.2, -0.15) is 0 Å². The fourth-order valence-corrected chi connectivity index (χ4v) is 11.4. The van der Waals surface area contributed by atoms with Gasteiger partial charge in [-0.3, -0.25) is 34.1 Å². The second kappa shape index (κ2) is 22.8. The first-order valence-electron chi connectivity index (χ1n) is 26.2. The van der Waals surface area contributed by atoms with Crippen molar-refractivity contribution in [3.63, 3.8) is 0 Å². The minimum atomic E-state index is -1.01. The zero-order valence-corrected chi connectivity index (χ0v) is 44.4. The number of likely N-dealkylation sites (tertiary alicyclic amines) is 1. The summed E-state index contributed by atoms with van der Waals surface area (Å²) in [6.07, 6.45) is 10.5. The number of carbonyl (C=O) groups excluding carboxylic acids is 5. The molecule has 0 radical (unpaired) electrons. The van der Waals surface area contributed by atoms with Crippen LogP contribution in [0.4, 0.5) is 4.79 Å². The number of aryl methyl sites for hydroxylation is 1. The first-order valence-corrected chi connectivity index (χ1v) is 26.2. The lowest BCUT2D eigenvalue weighted by atomic mass is 9.84. The Morgan fingerprint density at radius 1 is 1.05 bits per heavy atom. The lowest BCUT2D eigenvalue weighted by molar-refractivity contribution is -0.155. The fourth-order valence-electron chi connectivity index (χ4n) is 11.4. The molecule has 73 heavy (non-hydrogen) atoms. The first kappa shape index (κ1) is 53.6. The van der Waals surface area contributed by atoms with Crippen LogP contribution in [0.3, 0.4) is 0 Å². The van der Waals surface area contributed by atoms with Crippen LogP contribution >= 0.6 is 0 Å². The number of benzene rings is 1. The molecule has 3 saturated heterocycles. The van der Waals surface area contributed by atoms with Crippen LogP contribution in [0, 0.1) is 11.3 Å². The molecular formula is C55H77N9O9. The highest BCUT2D eigenvalue weighted by Crippen LogP contribution is 2.42. The number of aromatic nitrogens is 2.